The van der Waals surface area contributed by atoms with E-state index in [1.165, 1.54) is 16.7 Å². The molecule has 0 aromatic heterocycles. The molecule has 0 aliphatic carbocycles. The summed E-state index contributed by atoms with van der Waals surface area (Å²) in [6.45, 7) is 2.87. The maximum absolute atomic E-state index is 13.2. The standard InChI is InChI=1S/C38H59N5O7S/c1-29(44)25-43(26-30-15-7-5-8-16-30)36(48)27-42(23-24-50-2)35(47)21-11-4-3-9-17-31(45)18-10-6-14-22-39-34(46)20-13-12-19-33-37-32(28-51-33)40-38(49)41-37/h5,7-8,15-16,32-33,37H,3-4,6,9-14,17-28H2,1-2H3,(H,39,46)(H2,40,41,49)/t32-,33?,37-/m1/s1. The monoisotopic (exact) mass is 729 g/mol. The Kier molecular flexibility index (Phi) is 19.7. The number of ketones is 2. The van der Waals surface area contributed by atoms with Crippen molar-refractivity contribution in [3.8, 4) is 0 Å². The fourth-order valence-corrected chi connectivity index (χ4v) is 8.05. The van der Waals surface area contributed by atoms with Gasteiger partial charge in [-0.15, -0.1) is 0 Å². The average Bonchev–Trinajstić information content (AvgIpc) is 3.66. The number of amides is 5. The third-order valence-corrected chi connectivity index (χ3v) is 10.9. The molecule has 2 fully saturated rings. The highest BCUT2D eigenvalue weighted by molar-refractivity contribution is 8.00. The van der Waals surface area contributed by atoms with Crippen molar-refractivity contribution in [1.29, 1.82) is 0 Å². The zero-order valence-electron chi connectivity index (χ0n) is 30.6. The van der Waals surface area contributed by atoms with Gasteiger partial charge in [0.2, 0.25) is 17.7 Å². The number of hydrogen-bond acceptors (Lipinski definition) is 8. The Morgan fingerprint density at radius 1 is 0.824 bits per heavy atom. The zero-order chi connectivity index (χ0) is 36.8. The number of methoxy groups -OCH3 is 1. The minimum atomic E-state index is -0.277. The van der Waals surface area contributed by atoms with Gasteiger partial charge in [0.1, 0.15) is 11.6 Å². The summed E-state index contributed by atoms with van der Waals surface area (Å²) >= 11 is 1.90. The topological polar surface area (TPSA) is 154 Å². The molecule has 2 aliphatic heterocycles. The van der Waals surface area contributed by atoms with Crippen molar-refractivity contribution < 1.29 is 33.5 Å². The Morgan fingerprint density at radius 2 is 1.51 bits per heavy atom. The van der Waals surface area contributed by atoms with Crippen molar-refractivity contribution in [2.75, 3.05) is 45.6 Å². The molecule has 1 aromatic carbocycles. The Morgan fingerprint density at radius 3 is 2.22 bits per heavy atom. The predicted octanol–water partition coefficient (Wildman–Crippen LogP) is 4.39. The number of carbonyl (C=O) groups excluding carboxylic acids is 6. The van der Waals surface area contributed by atoms with E-state index in [1.54, 1.807) is 7.11 Å². The Balaban J connectivity index is 1.19. The number of benzene rings is 1. The smallest absolute Gasteiger partial charge is 0.315 e. The normalized spacial score (nSPS) is 17.7. The first-order valence-electron chi connectivity index (χ1n) is 18.7. The molecule has 1 unspecified atom stereocenters. The second-order valence-corrected chi connectivity index (χ2v) is 15.0. The van der Waals surface area contributed by atoms with E-state index in [2.05, 4.69) is 16.0 Å². The highest BCUT2D eigenvalue weighted by Gasteiger charge is 2.42. The lowest BCUT2D eigenvalue weighted by Crippen LogP contribution is -2.45. The number of nitrogens with one attached hydrogen (secondary N) is 3. The largest absolute Gasteiger partial charge is 0.383 e. The molecule has 2 heterocycles. The molecule has 2 saturated heterocycles. The van der Waals surface area contributed by atoms with Crippen LogP contribution in [-0.2, 0) is 35.3 Å². The number of nitrogens with zero attached hydrogens (tertiary/aromatic N) is 2. The SMILES string of the molecule is COCCN(CC(=O)N(CC(C)=O)Cc1ccccc1)C(=O)CCCCCCC(=O)CCCCCNC(=O)CCCCC1SC[C@H]2NC(=O)N[C@@H]12. The highest BCUT2D eigenvalue weighted by atomic mass is 32.2. The Labute approximate surface area is 307 Å². The van der Waals surface area contributed by atoms with Gasteiger partial charge in [0.05, 0.1) is 31.8 Å². The lowest BCUT2D eigenvalue weighted by atomic mass is 10.0. The number of urea groups is 1. The van der Waals surface area contributed by atoms with Gasteiger partial charge in [-0.3, -0.25) is 24.0 Å². The van der Waals surface area contributed by atoms with Crippen molar-refractivity contribution in [2.24, 2.45) is 0 Å². The number of hydrogen-bond donors (Lipinski definition) is 3. The van der Waals surface area contributed by atoms with Crippen LogP contribution in [0.5, 0.6) is 0 Å². The number of thioether (sulfide) groups is 1. The van der Waals surface area contributed by atoms with Gasteiger partial charge in [0.25, 0.3) is 0 Å². The number of unbranched alkanes of at least 4 members (excludes halogenated alkanes) is 6. The van der Waals surface area contributed by atoms with E-state index in [4.69, 9.17) is 4.74 Å². The summed E-state index contributed by atoms with van der Waals surface area (Å²) in [6, 6.07) is 9.85. The summed E-state index contributed by atoms with van der Waals surface area (Å²) in [5.41, 5.74) is 0.914. The van der Waals surface area contributed by atoms with E-state index < -0.39 is 0 Å². The Bertz CT molecular complexity index is 1270. The van der Waals surface area contributed by atoms with Gasteiger partial charge in [-0.2, -0.15) is 11.8 Å². The van der Waals surface area contributed by atoms with Gasteiger partial charge >= 0.3 is 6.03 Å². The Hall–Kier alpha value is -3.45. The second-order valence-electron chi connectivity index (χ2n) is 13.7. The summed E-state index contributed by atoms with van der Waals surface area (Å²) < 4.78 is 5.17. The average molecular weight is 730 g/mol. The molecule has 13 heteroatoms. The van der Waals surface area contributed by atoms with Crippen LogP contribution in [0.15, 0.2) is 30.3 Å². The molecule has 284 valence electrons. The van der Waals surface area contributed by atoms with Gasteiger partial charge in [-0.1, -0.05) is 56.0 Å². The van der Waals surface area contributed by atoms with Gasteiger partial charge < -0.3 is 30.5 Å². The van der Waals surface area contributed by atoms with Crippen molar-refractivity contribution in [3.63, 3.8) is 0 Å². The molecule has 5 amide bonds. The molecule has 2 aliphatic rings. The van der Waals surface area contributed by atoms with E-state index in [9.17, 15) is 28.8 Å². The highest BCUT2D eigenvalue weighted by Crippen LogP contribution is 2.33. The minimum absolute atomic E-state index is 0.0122. The first-order valence-corrected chi connectivity index (χ1v) is 19.8. The molecule has 3 N–H and O–H groups in total. The lowest BCUT2D eigenvalue weighted by molar-refractivity contribution is -0.142. The predicted molar refractivity (Wildman–Crippen MR) is 199 cm³/mol. The number of fused-ring (bicyclic) bond motifs is 1. The van der Waals surface area contributed by atoms with E-state index in [0.29, 0.717) is 63.6 Å². The van der Waals surface area contributed by atoms with E-state index in [1.807, 2.05) is 42.1 Å². The first kappa shape index (κ1) is 42.0. The fourth-order valence-electron chi connectivity index (χ4n) is 6.51. The van der Waals surface area contributed by atoms with Crippen LogP contribution in [0.25, 0.3) is 0 Å². The second kappa shape index (κ2) is 23.9. The molecule has 3 atom stereocenters. The van der Waals surface area contributed by atoms with Crippen LogP contribution in [0.2, 0.25) is 0 Å². The van der Waals surface area contributed by atoms with Crippen LogP contribution >= 0.6 is 11.8 Å². The molecule has 0 bridgehead atoms. The summed E-state index contributed by atoms with van der Waals surface area (Å²) in [5, 5.41) is 9.38. The number of carbonyl (C=O) groups is 6. The molecular weight excluding hydrogens is 671 g/mol. The maximum atomic E-state index is 13.2. The lowest BCUT2D eigenvalue weighted by Gasteiger charge is -2.27. The van der Waals surface area contributed by atoms with Crippen LogP contribution < -0.4 is 16.0 Å². The van der Waals surface area contributed by atoms with Crippen LogP contribution in [0.1, 0.15) is 102 Å². The van der Waals surface area contributed by atoms with Crippen LogP contribution in [-0.4, -0.2) is 108 Å². The number of Topliss-reactive ketones (excluding diaryl/α,β-unsaturated/α-hetero) is 2. The van der Waals surface area contributed by atoms with Crippen molar-refractivity contribution in [1.82, 2.24) is 25.8 Å². The summed E-state index contributed by atoms with van der Waals surface area (Å²) in [4.78, 5) is 77.1. The summed E-state index contributed by atoms with van der Waals surface area (Å²) in [6.07, 6.45) is 10.5. The van der Waals surface area contributed by atoms with E-state index in [0.717, 1.165) is 69.1 Å². The van der Waals surface area contributed by atoms with Crippen LogP contribution in [0, 0.1) is 0 Å². The third-order valence-electron chi connectivity index (χ3n) is 9.36. The van der Waals surface area contributed by atoms with E-state index in [-0.39, 0.29) is 60.5 Å². The quantitative estimate of drug-likeness (QED) is 0.0891. The number of ether oxygens (including phenoxy) is 1. The van der Waals surface area contributed by atoms with E-state index >= 15 is 0 Å². The molecule has 1 aromatic rings. The molecular formula is C38H59N5O7S. The van der Waals surface area contributed by atoms with Crippen molar-refractivity contribution in [3.05, 3.63) is 35.9 Å². The summed E-state index contributed by atoms with van der Waals surface area (Å²) in [7, 11) is 1.55. The van der Waals surface area contributed by atoms with Gasteiger partial charge in [-0.25, -0.2) is 4.79 Å². The van der Waals surface area contributed by atoms with Crippen LogP contribution in [0.3, 0.4) is 0 Å². The van der Waals surface area contributed by atoms with Crippen LogP contribution in [0.4, 0.5) is 4.79 Å². The molecule has 0 radical (unpaired) electrons. The first-order chi connectivity index (χ1) is 24.7. The summed E-state index contributed by atoms with van der Waals surface area (Å²) in [5.74, 6) is 0.764. The molecule has 51 heavy (non-hydrogen) atoms. The van der Waals surface area contributed by atoms with Gasteiger partial charge in [0.15, 0.2) is 0 Å². The van der Waals surface area contributed by atoms with Gasteiger partial charge in [-0.05, 0) is 51.0 Å². The molecule has 0 spiro atoms. The molecule has 0 saturated carbocycles. The van der Waals surface area contributed by atoms with Gasteiger partial charge in [0, 0.05) is 63.4 Å². The third kappa shape index (κ3) is 16.6. The minimum Gasteiger partial charge on any atom is -0.383 e. The zero-order valence-corrected chi connectivity index (χ0v) is 31.4. The van der Waals surface area contributed by atoms with Crippen molar-refractivity contribution >= 4 is 47.1 Å². The van der Waals surface area contributed by atoms with Crippen molar-refractivity contribution in [2.45, 2.75) is 121 Å². The molecule has 12 nitrogen and oxygen atoms in total. The fraction of sp³-hybridized carbons (Fsp3) is 0.684. The number of rotatable bonds is 27. The maximum Gasteiger partial charge on any atom is 0.315 e. The molecule has 3 rings (SSSR count).